The molecule has 16 heavy (non-hydrogen) atoms. The van der Waals surface area contributed by atoms with Gasteiger partial charge in [-0.1, -0.05) is 12.8 Å². The Kier molecular flexibility index (Phi) is 6.88. The number of carbonyl (C=O) groups excluding carboxylic acids is 1. The summed E-state index contributed by atoms with van der Waals surface area (Å²) in [6.45, 7) is 4.80. The van der Waals surface area contributed by atoms with Gasteiger partial charge in [0.2, 0.25) is 5.91 Å². The van der Waals surface area contributed by atoms with Gasteiger partial charge < -0.3 is 10.2 Å². The molecule has 1 atom stereocenters. The summed E-state index contributed by atoms with van der Waals surface area (Å²) in [6, 6.07) is -0.0229. The van der Waals surface area contributed by atoms with Gasteiger partial charge in [-0.2, -0.15) is 11.8 Å². The van der Waals surface area contributed by atoms with Crippen molar-refractivity contribution >= 4 is 17.7 Å². The summed E-state index contributed by atoms with van der Waals surface area (Å²) in [5.74, 6) is 1.35. The fourth-order valence-electron chi connectivity index (χ4n) is 2.03. The Bertz CT molecular complexity index is 203. The van der Waals surface area contributed by atoms with Crippen LogP contribution in [0.2, 0.25) is 0 Å². The molecular weight excluding hydrogens is 220 g/mol. The van der Waals surface area contributed by atoms with Crippen LogP contribution in [0.15, 0.2) is 0 Å². The van der Waals surface area contributed by atoms with E-state index >= 15 is 0 Å². The third-order valence-corrected chi connectivity index (χ3v) is 3.66. The molecular formula is C12H24N2OS. The van der Waals surface area contributed by atoms with Crippen LogP contribution in [-0.2, 0) is 4.79 Å². The number of rotatable bonds is 5. The summed E-state index contributed by atoms with van der Waals surface area (Å²) in [4.78, 5) is 14.1. The molecule has 1 aliphatic rings. The van der Waals surface area contributed by atoms with Gasteiger partial charge in [-0.05, 0) is 26.0 Å². The van der Waals surface area contributed by atoms with Crippen molar-refractivity contribution < 1.29 is 4.79 Å². The molecule has 1 unspecified atom stereocenters. The van der Waals surface area contributed by atoms with Crippen molar-refractivity contribution in [3.05, 3.63) is 0 Å². The van der Waals surface area contributed by atoms with E-state index < -0.39 is 0 Å². The zero-order chi connectivity index (χ0) is 11.8. The highest BCUT2D eigenvalue weighted by Gasteiger charge is 2.20. The van der Waals surface area contributed by atoms with Gasteiger partial charge in [0.25, 0.3) is 0 Å². The van der Waals surface area contributed by atoms with Crippen LogP contribution in [0.4, 0.5) is 0 Å². The molecule has 1 rings (SSSR count). The molecule has 1 saturated heterocycles. The van der Waals surface area contributed by atoms with Gasteiger partial charge in [0.15, 0.2) is 0 Å². The molecule has 0 radical (unpaired) electrons. The first-order valence-corrected chi connectivity index (χ1v) is 7.66. The lowest BCUT2D eigenvalue weighted by molar-refractivity contribution is -0.132. The van der Waals surface area contributed by atoms with Gasteiger partial charge in [-0.15, -0.1) is 0 Å². The lowest BCUT2D eigenvalue weighted by Gasteiger charge is -2.24. The van der Waals surface area contributed by atoms with Crippen molar-refractivity contribution in [3.63, 3.8) is 0 Å². The second-order valence-corrected chi connectivity index (χ2v) is 5.39. The Labute approximate surface area is 103 Å². The minimum Gasteiger partial charge on any atom is -0.341 e. The van der Waals surface area contributed by atoms with Crippen LogP contribution < -0.4 is 5.32 Å². The minimum absolute atomic E-state index is 0.0229. The maximum absolute atomic E-state index is 12.1. The van der Waals surface area contributed by atoms with Gasteiger partial charge in [0.1, 0.15) is 0 Å². The van der Waals surface area contributed by atoms with Crippen LogP contribution in [0.3, 0.4) is 0 Å². The lowest BCUT2D eigenvalue weighted by Crippen LogP contribution is -2.45. The predicted octanol–water partition coefficient (Wildman–Crippen LogP) is 1.73. The van der Waals surface area contributed by atoms with Crippen LogP contribution in [0.1, 0.15) is 32.6 Å². The fraction of sp³-hybridized carbons (Fsp3) is 0.917. The quantitative estimate of drug-likeness (QED) is 0.748. The van der Waals surface area contributed by atoms with E-state index in [-0.39, 0.29) is 11.9 Å². The first-order valence-electron chi connectivity index (χ1n) is 6.27. The number of nitrogens with zero attached hydrogens (tertiary/aromatic N) is 1. The van der Waals surface area contributed by atoms with Crippen molar-refractivity contribution in [1.29, 1.82) is 0 Å². The summed E-state index contributed by atoms with van der Waals surface area (Å²) in [7, 11) is 0. The number of hydrogen-bond acceptors (Lipinski definition) is 3. The Morgan fingerprint density at radius 2 is 1.94 bits per heavy atom. The highest BCUT2D eigenvalue weighted by Crippen LogP contribution is 2.10. The first-order chi connectivity index (χ1) is 7.75. The van der Waals surface area contributed by atoms with E-state index in [0.29, 0.717) is 0 Å². The topological polar surface area (TPSA) is 32.3 Å². The second-order valence-electron chi connectivity index (χ2n) is 4.41. The summed E-state index contributed by atoms with van der Waals surface area (Å²) in [5, 5.41) is 3.29. The van der Waals surface area contributed by atoms with Crippen LogP contribution >= 0.6 is 11.8 Å². The predicted molar refractivity (Wildman–Crippen MR) is 70.9 cm³/mol. The van der Waals surface area contributed by atoms with Crippen LogP contribution in [0, 0.1) is 0 Å². The number of hydrogen-bond donors (Lipinski definition) is 1. The van der Waals surface area contributed by atoms with Crippen LogP contribution in [0.5, 0.6) is 0 Å². The average molecular weight is 244 g/mol. The molecule has 0 aromatic carbocycles. The molecule has 0 spiro atoms. The van der Waals surface area contributed by atoms with Gasteiger partial charge >= 0.3 is 0 Å². The molecule has 0 aliphatic carbocycles. The molecule has 0 saturated carbocycles. The Morgan fingerprint density at radius 1 is 1.31 bits per heavy atom. The number of nitrogens with one attached hydrogen (secondary N) is 1. The second kappa shape index (κ2) is 7.96. The van der Waals surface area contributed by atoms with Crippen molar-refractivity contribution in [3.8, 4) is 0 Å². The first kappa shape index (κ1) is 13.8. The molecule has 0 aromatic heterocycles. The van der Waals surface area contributed by atoms with Crippen molar-refractivity contribution in [2.45, 2.75) is 38.6 Å². The smallest absolute Gasteiger partial charge is 0.239 e. The maximum Gasteiger partial charge on any atom is 0.239 e. The van der Waals surface area contributed by atoms with E-state index in [4.69, 9.17) is 0 Å². The zero-order valence-electron chi connectivity index (χ0n) is 10.5. The number of carbonyl (C=O) groups is 1. The number of likely N-dealkylation sites (tertiary alicyclic amines) is 1. The largest absolute Gasteiger partial charge is 0.341 e. The highest BCUT2D eigenvalue weighted by molar-refractivity contribution is 7.98. The third-order valence-electron chi connectivity index (χ3n) is 3.04. The lowest BCUT2D eigenvalue weighted by atomic mass is 10.2. The monoisotopic (exact) mass is 244 g/mol. The normalized spacial score (nSPS) is 19.2. The Hall–Kier alpha value is -0.220. The number of amides is 1. The molecule has 3 nitrogen and oxygen atoms in total. The van der Waals surface area contributed by atoms with Crippen molar-refractivity contribution in [2.24, 2.45) is 0 Å². The van der Waals surface area contributed by atoms with Crippen LogP contribution in [0.25, 0.3) is 0 Å². The maximum atomic E-state index is 12.1. The van der Waals surface area contributed by atoms with Crippen molar-refractivity contribution in [1.82, 2.24) is 10.2 Å². The van der Waals surface area contributed by atoms with E-state index in [9.17, 15) is 4.79 Å². The third kappa shape index (κ3) is 4.74. The zero-order valence-corrected chi connectivity index (χ0v) is 11.3. The van der Waals surface area contributed by atoms with Gasteiger partial charge in [0.05, 0.1) is 6.04 Å². The molecule has 1 amide bonds. The number of thioether (sulfide) groups is 1. The molecule has 4 heteroatoms. The van der Waals surface area contributed by atoms with E-state index in [1.54, 1.807) is 11.8 Å². The van der Waals surface area contributed by atoms with Gasteiger partial charge in [0, 0.05) is 25.4 Å². The van der Waals surface area contributed by atoms with E-state index in [1.165, 1.54) is 25.7 Å². The van der Waals surface area contributed by atoms with E-state index in [0.717, 1.165) is 25.4 Å². The molecule has 0 aromatic rings. The standard InChI is InChI=1S/C12H24N2OS/c1-11(13-7-10-16-2)12(15)14-8-5-3-4-6-9-14/h11,13H,3-10H2,1-2H3. The minimum atomic E-state index is -0.0229. The SMILES string of the molecule is CSCCNC(C)C(=O)N1CCCCCC1. The van der Waals surface area contributed by atoms with Crippen LogP contribution in [-0.4, -0.2) is 48.5 Å². The fourth-order valence-corrected chi connectivity index (χ4v) is 2.35. The molecule has 1 fully saturated rings. The van der Waals surface area contributed by atoms with Gasteiger partial charge in [-0.3, -0.25) is 4.79 Å². The Morgan fingerprint density at radius 3 is 2.50 bits per heavy atom. The average Bonchev–Trinajstić information content (AvgIpc) is 2.56. The Balaban J connectivity index is 2.30. The van der Waals surface area contributed by atoms with Crippen molar-refractivity contribution in [2.75, 3.05) is 31.6 Å². The molecule has 94 valence electrons. The molecule has 0 bridgehead atoms. The molecule has 1 N–H and O–H groups in total. The van der Waals surface area contributed by atoms with E-state index in [2.05, 4.69) is 11.6 Å². The van der Waals surface area contributed by atoms with E-state index in [1.807, 2.05) is 11.8 Å². The summed E-state index contributed by atoms with van der Waals surface area (Å²) in [6.07, 6.45) is 6.98. The summed E-state index contributed by atoms with van der Waals surface area (Å²) in [5.41, 5.74) is 0. The molecule has 1 aliphatic heterocycles. The summed E-state index contributed by atoms with van der Waals surface area (Å²) < 4.78 is 0. The summed E-state index contributed by atoms with van der Waals surface area (Å²) >= 11 is 1.81. The molecule has 1 heterocycles. The van der Waals surface area contributed by atoms with Gasteiger partial charge in [-0.25, -0.2) is 0 Å². The highest BCUT2D eigenvalue weighted by atomic mass is 32.2.